The second-order valence-electron chi connectivity index (χ2n) is 2.16. The van der Waals surface area contributed by atoms with Crippen molar-refractivity contribution in [3.8, 4) is 0 Å². The van der Waals surface area contributed by atoms with Crippen molar-refractivity contribution in [3.05, 3.63) is 0 Å². The Morgan fingerprint density at radius 1 is 0.579 bits per heavy atom. The zero-order chi connectivity index (χ0) is 14.1. The van der Waals surface area contributed by atoms with Gasteiger partial charge in [0.25, 0.3) is 0 Å². The molecule has 19 heteroatoms. The van der Waals surface area contributed by atoms with Crippen LogP contribution in [0.5, 0.6) is 0 Å². The van der Waals surface area contributed by atoms with Gasteiger partial charge in [0.15, 0.2) is 0 Å². The van der Waals surface area contributed by atoms with Crippen molar-refractivity contribution in [2.24, 2.45) is 0 Å². The summed E-state index contributed by atoms with van der Waals surface area (Å²) in [5, 5.41) is 0. The van der Waals surface area contributed by atoms with Crippen LogP contribution in [-0.2, 0) is 31.2 Å². The Kier molecular flexibility index (Phi) is 13.9. The normalized spacial score (nSPS) is 18.4. The average molecular weight is 420 g/mol. The molecule has 0 fully saturated rings. The Hall–Kier alpha value is 3.46. The van der Waals surface area contributed by atoms with Crippen LogP contribution in [-0.4, -0.2) is 118 Å². The maximum absolute atomic E-state index is 10.7. The summed E-state index contributed by atoms with van der Waals surface area (Å²) in [6, 6.07) is 0. The van der Waals surface area contributed by atoms with Gasteiger partial charge in [-0.15, -0.1) is 0 Å². The summed E-state index contributed by atoms with van der Waals surface area (Å²) in [5.41, 5.74) is 0. The van der Waals surface area contributed by atoms with E-state index in [2.05, 4.69) is 12.9 Å². The Bertz CT molecular complexity index is 413. The van der Waals surface area contributed by atoms with Gasteiger partial charge in [0.05, 0.1) is 0 Å². The van der Waals surface area contributed by atoms with E-state index in [0.717, 1.165) is 0 Å². The van der Waals surface area contributed by atoms with Crippen LogP contribution in [0.15, 0.2) is 0 Å². The monoisotopic (exact) mass is 420 g/mol. The van der Waals surface area contributed by atoms with Gasteiger partial charge in [0.2, 0.25) is 0 Å². The van der Waals surface area contributed by atoms with Gasteiger partial charge in [-0.3, -0.25) is 0 Å². The van der Waals surface area contributed by atoms with E-state index in [1.54, 1.807) is 0 Å². The number of phosphoric acid groups is 4. The van der Waals surface area contributed by atoms with E-state index in [9.17, 15) is 18.3 Å². The molecular weight excluding hydrogens is 411 g/mol. The molecule has 0 aliphatic rings. The summed E-state index contributed by atoms with van der Waals surface area (Å²) >= 11 is 0. The summed E-state index contributed by atoms with van der Waals surface area (Å²) in [6.07, 6.45) is 0. The van der Waals surface area contributed by atoms with E-state index in [4.69, 9.17) is 29.4 Å². The van der Waals surface area contributed by atoms with Crippen LogP contribution in [0.25, 0.3) is 0 Å². The molecule has 0 heterocycles. The molecule has 2 unspecified atom stereocenters. The fraction of sp³-hybridized carbons (Fsp3) is 0. The number of rotatable bonds is 6. The molecule has 0 aromatic carbocycles. The predicted molar refractivity (Wildman–Crippen MR) is 62.7 cm³/mol. The van der Waals surface area contributed by atoms with Crippen molar-refractivity contribution in [2.75, 3.05) is 0 Å². The second kappa shape index (κ2) is 9.68. The van der Waals surface area contributed by atoms with E-state index in [1.807, 2.05) is 0 Å². The number of hydrogen-bond donors (Lipinski definition) is 6. The molecule has 0 bridgehead atoms. The summed E-state index contributed by atoms with van der Waals surface area (Å²) < 4.78 is 50.9. The van der Waals surface area contributed by atoms with E-state index >= 15 is 0 Å². The van der Waals surface area contributed by atoms with Crippen molar-refractivity contribution < 1.29 is 60.6 Å². The topological polar surface area (TPSA) is 217 Å². The van der Waals surface area contributed by atoms with Gasteiger partial charge < -0.3 is 29.4 Å². The van der Waals surface area contributed by atoms with Crippen LogP contribution in [0.1, 0.15) is 0 Å². The van der Waals surface area contributed by atoms with Crippen LogP contribution in [0.3, 0.4) is 0 Å². The molecule has 0 aliphatic carbocycles. The van der Waals surface area contributed by atoms with E-state index in [1.165, 1.54) is 0 Å². The average Bonchev–Trinajstić information content (AvgIpc) is 1.65. The van der Waals surface area contributed by atoms with Gasteiger partial charge in [-0.25, -0.2) is 18.3 Å². The van der Waals surface area contributed by atoms with Crippen molar-refractivity contribution in [3.63, 3.8) is 0 Å². The van der Waals surface area contributed by atoms with Crippen molar-refractivity contribution in [2.45, 2.75) is 0 Å². The minimum absolute atomic E-state index is 0. The van der Waals surface area contributed by atoms with Gasteiger partial charge in [-0.2, -0.15) is 12.9 Å². The molecule has 0 saturated heterocycles. The quantitative estimate of drug-likeness (QED) is 0.200. The Labute approximate surface area is 178 Å². The van der Waals surface area contributed by atoms with E-state index in [-0.39, 0.29) is 89.1 Å². The van der Waals surface area contributed by atoms with Gasteiger partial charge >= 0.3 is 120 Å². The van der Waals surface area contributed by atoms with Gasteiger partial charge in [0.1, 0.15) is 0 Å². The maximum atomic E-state index is 10.7. The molecule has 0 aromatic heterocycles. The first-order chi connectivity index (χ1) is 7.12. The Morgan fingerprint density at radius 2 is 0.789 bits per heavy atom. The van der Waals surface area contributed by atoms with Gasteiger partial charge in [0, 0.05) is 0 Å². The molecule has 13 nitrogen and oxygen atoms in total. The molecule has 2 atom stereocenters. The van der Waals surface area contributed by atoms with Crippen molar-refractivity contribution in [1.82, 2.24) is 0 Å². The molecule has 6 N–H and O–H groups in total. The third-order valence-electron chi connectivity index (χ3n) is 0.625. The summed E-state index contributed by atoms with van der Waals surface area (Å²) in [5.74, 6) is 0. The first-order valence-electron chi connectivity index (χ1n) is 3.03. The minimum atomic E-state index is -5.77. The van der Waals surface area contributed by atoms with E-state index < -0.39 is 31.3 Å². The molecule has 0 aromatic rings. The molecule has 19 heavy (non-hydrogen) atoms. The van der Waals surface area contributed by atoms with Crippen LogP contribution in [0.2, 0.25) is 0 Å². The molecule has 0 saturated carbocycles. The summed E-state index contributed by atoms with van der Waals surface area (Å²) in [7, 11) is -22.6. The zero-order valence-corrected chi connectivity index (χ0v) is 10.9. The molecular formula is H9CaKO13P4. The molecule has 110 valence electrons. The Balaban J connectivity index is -0.00000128. The van der Waals surface area contributed by atoms with Crippen LogP contribution in [0.4, 0.5) is 0 Å². The first-order valence-corrected chi connectivity index (χ1v) is 9.08. The first kappa shape index (κ1) is 27.3. The number of hydrogen-bond acceptors (Lipinski definition) is 7. The SMILES string of the molecule is O=P(O)(O)OP(=O)(O)OP(=O)(O)OP(=O)(O)O.[CaH2].[KH]. The van der Waals surface area contributed by atoms with Crippen LogP contribution < -0.4 is 0 Å². The molecule has 0 amide bonds. The standard InChI is InChI=1S/Ca.K.H6O13P4.3H/c;;1-14(2,3)11-16(7,8)13-17(9,10)12-15(4,5)6;;;/h;;(H,7,8)(H,9,10)(H2,1,2,3)(H2,4,5,6);;;. The Morgan fingerprint density at radius 3 is 0.947 bits per heavy atom. The van der Waals surface area contributed by atoms with Crippen molar-refractivity contribution in [1.29, 1.82) is 0 Å². The van der Waals surface area contributed by atoms with E-state index in [0.29, 0.717) is 0 Å². The zero-order valence-electron chi connectivity index (χ0n) is 7.33. The molecule has 0 rings (SSSR count). The fourth-order valence-corrected chi connectivity index (χ4v) is 4.40. The third-order valence-corrected chi connectivity index (χ3v) is 5.63. The molecule has 0 aliphatic heterocycles. The van der Waals surface area contributed by atoms with Crippen molar-refractivity contribution >= 4 is 120 Å². The predicted octanol–water partition coefficient (Wildman–Crippen LogP) is -2.14. The molecule has 0 spiro atoms. The molecule has 0 radical (unpaired) electrons. The van der Waals surface area contributed by atoms with Gasteiger partial charge in [-0.1, -0.05) is 0 Å². The van der Waals surface area contributed by atoms with Gasteiger partial charge in [-0.05, 0) is 0 Å². The van der Waals surface area contributed by atoms with Crippen LogP contribution in [0, 0.1) is 0 Å². The van der Waals surface area contributed by atoms with Crippen LogP contribution >= 0.6 is 31.3 Å². The second-order valence-corrected chi connectivity index (χ2v) is 7.96. The summed E-state index contributed by atoms with van der Waals surface area (Å²) in [6.45, 7) is 0. The third kappa shape index (κ3) is 17.6. The summed E-state index contributed by atoms with van der Waals surface area (Å²) in [4.78, 5) is 49.4. The fourth-order valence-electron chi connectivity index (χ4n) is 0.429.